The Balaban J connectivity index is 1.89. The molecule has 0 aliphatic carbocycles. The Morgan fingerprint density at radius 3 is 2.71 bits per heavy atom. The first-order chi connectivity index (χ1) is 10.3. The molecule has 21 heavy (non-hydrogen) atoms. The Morgan fingerprint density at radius 2 is 1.90 bits per heavy atom. The summed E-state index contributed by atoms with van der Waals surface area (Å²) in [6.45, 7) is 0. The molecule has 0 amide bonds. The summed E-state index contributed by atoms with van der Waals surface area (Å²) in [5.41, 5.74) is 1.41. The van der Waals surface area contributed by atoms with Crippen LogP contribution in [0.5, 0.6) is 0 Å². The first kappa shape index (κ1) is 13.5. The van der Waals surface area contributed by atoms with E-state index in [0.717, 1.165) is 5.69 Å². The van der Waals surface area contributed by atoms with E-state index in [2.05, 4.69) is 38.8 Å². The fourth-order valence-electron chi connectivity index (χ4n) is 1.57. The fraction of sp³-hybridized carbons (Fsp3) is 0. The van der Waals surface area contributed by atoms with Gasteiger partial charge in [-0.05, 0) is 18.2 Å². The summed E-state index contributed by atoms with van der Waals surface area (Å²) in [5.74, 6) is 1.39. The molecule has 0 aliphatic rings. The number of nitrogens with zero attached hydrogens (tertiary/aromatic N) is 6. The maximum absolute atomic E-state index is 4.33. The second-order valence-corrected chi connectivity index (χ2v) is 4.40. The van der Waals surface area contributed by atoms with Crippen molar-refractivity contribution in [1.82, 2.24) is 29.9 Å². The summed E-state index contributed by atoms with van der Waals surface area (Å²) in [6, 6.07) is 5.44. The zero-order valence-corrected chi connectivity index (χ0v) is 12.8. The van der Waals surface area contributed by atoms with Crippen LogP contribution in [0.15, 0.2) is 43.1 Å². The molecular weight excluding hydrogens is 383 g/mol. The van der Waals surface area contributed by atoms with Crippen LogP contribution < -0.4 is 8.85 Å². The van der Waals surface area contributed by atoms with Crippen LogP contribution in [-0.2, 0) is 0 Å². The van der Waals surface area contributed by atoms with Crippen LogP contribution in [0.3, 0.4) is 0 Å². The maximum Gasteiger partial charge on any atom is 0.232 e. The molecule has 0 unspecified atom stereocenters. The third-order valence-corrected chi connectivity index (χ3v) is 2.94. The highest BCUT2D eigenvalue weighted by atomic mass is 127. The second-order valence-electron chi connectivity index (χ2n) is 3.86. The van der Waals surface area contributed by atoms with Gasteiger partial charge >= 0.3 is 0 Å². The molecule has 0 atom stereocenters. The van der Waals surface area contributed by atoms with E-state index in [1.54, 1.807) is 24.7 Å². The van der Waals surface area contributed by atoms with E-state index in [1.165, 1.54) is 6.33 Å². The first-order valence-corrected chi connectivity index (χ1v) is 6.99. The van der Waals surface area contributed by atoms with Gasteiger partial charge in [-0.1, -0.05) is 0 Å². The molecule has 8 nitrogen and oxygen atoms in total. The Bertz CT molecular complexity index is 736. The minimum Gasteiger partial charge on any atom is -0.323 e. The van der Waals surface area contributed by atoms with Gasteiger partial charge in [-0.15, -0.1) is 0 Å². The maximum atomic E-state index is 4.33. The van der Waals surface area contributed by atoms with Gasteiger partial charge in [0.1, 0.15) is 12.0 Å². The van der Waals surface area contributed by atoms with Crippen molar-refractivity contribution < 1.29 is 0 Å². The zero-order valence-electron chi connectivity index (χ0n) is 10.6. The summed E-state index contributed by atoms with van der Waals surface area (Å²) in [7, 11) is 0. The molecule has 0 radical (unpaired) electrons. The van der Waals surface area contributed by atoms with Crippen LogP contribution in [0, 0.1) is 0 Å². The monoisotopic (exact) mass is 392 g/mol. The largest absolute Gasteiger partial charge is 0.323 e. The number of rotatable bonds is 4. The van der Waals surface area contributed by atoms with E-state index in [9.17, 15) is 0 Å². The van der Waals surface area contributed by atoms with Gasteiger partial charge in [0.25, 0.3) is 0 Å². The SMILES string of the molecule is INc1nccc(-c2ncnc(Nc3cccnc3)n2)n1. The number of anilines is 3. The highest BCUT2D eigenvalue weighted by molar-refractivity contribution is 14.1. The Labute approximate surface area is 134 Å². The van der Waals surface area contributed by atoms with E-state index in [4.69, 9.17) is 0 Å². The predicted molar refractivity (Wildman–Crippen MR) is 86.0 cm³/mol. The van der Waals surface area contributed by atoms with Gasteiger partial charge in [-0.3, -0.25) is 8.51 Å². The molecule has 2 N–H and O–H groups in total. The Kier molecular flexibility index (Phi) is 4.09. The molecule has 3 aromatic heterocycles. The summed E-state index contributed by atoms with van der Waals surface area (Å²) >= 11 is 1.96. The minimum atomic E-state index is 0.426. The molecule has 9 heteroatoms. The van der Waals surface area contributed by atoms with Crippen molar-refractivity contribution >= 4 is 40.4 Å². The quantitative estimate of drug-likeness (QED) is 0.515. The third kappa shape index (κ3) is 3.37. The first-order valence-electron chi connectivity index (χ1n) is 5.91. The van der Waals surface area contributed by atoms with Gasteiger partial charge in [0.05, 0.1) is 34.7 Å². The second kappa shape index (κ2) is 6.35. The van der Waals surface area contributed by atoms with Crippen LogP contribution in [0.4, 0.5) is 17.6 Å². The van der Waals surface area contributed by atoms with Gasteiger partial charge in [-0.25, -0.2) is 19.9 Å². The number of halogens is 1. The number of hydrogen-bond acceptors (Lipinski definition) is 8. The number of nitrogens with one attached hydrogen (secondary N) is 2. The Hall–Kier alpha value is -2.43. The summed E-state index contributed by atoms with van der Waals surface area (Å²) in [5, 5.41) is 3.06. The van der Waals surface area contributed by atoms with E-state index in [-0.39, 0.29) is 0 Å². The molecule has 3 rings (SSSR count). The molecule has 0 aliphatic heterocycles. The molecule has 0 bridgehead atoms. The summed E-state index contributed by atoms with van der Waals surface area (Å²) in [6.07, 6.45) is 6.46. The van der Waals surface area contributed by atoms with Crippen molar-refractivity contribution in [2.75, 3.05) is 8.85 Å². The van der Waals surface area contributed by atoms with Crippen molar-refractivity contribution in [2.45, 2.75) is 0 Å². The molecule has 3 aromatic rings. The van der Waals surface area contributed by atoms with Crippen LogP contribution in [0.25, 0.3) is 11.5 Å². The minimum absolute atomic E-state index is 0.426. The van der Waals surface area contributed by atoms with E-state index in [1.807, 2.05) is 35.0 Å². The number of aromatic nitrogens is 6. The number of pyridine rings is 1. The lowest BCUT2D eigenvalue weighted by Crippen LogP contribution is -2.01. The van der Waals surface area contributed by atoms with Gasteiger partial charge in [0.15, 0.2) is 5.82 Å². The van der Waals surface area contributed by atoms with Crippen LogP contribution >= 0.6 is 22.9 Å². The normalized spacial score (nSPS) is 10.1. The Morgan fingerprint density at radius 1 is 0.952 bits per heavy atom. The molecular formula is C12H9IN8. The van der Waals surface area contributed by atoms with Gasteiger partial charge in [-0.2, -0.15) is 4.98 Å². The lowest BCUT2D eigenvalue weighted by atomic mass is 10.4. The van der Waals surface area contributed by atoms with Crippen molar-refractivity contribution in [2.24, 2.45) is 0 Å². The molecule has 104 valence electrons. The fourth-order valence-corrected chi connectivity index (χ4v) is 1.83. The van der Waals surface area contributed by atoms with Crippen LogP contribution in [0.2, 0.25) is 0 Å². The van der Waals surface area contributed by atoms with Crippen molar-refractivity contribution in [3.63, 3.8) is 0 Å². The molecule has 0 aromatic carbocycles. The topological polar surface area (TPSA) is 101 Å². The molecule has 0 spiro atoms. The average molecular weight is 392 g/mol. The van der Waals surface area contributed by atoms with E-state index >= 15 is 0 Å². The van der Waals surface area contributed by atoms with Crippen LogP contribution in [0.1, 0.15) is 0 Å². The van der Waals surface area contributed by atoms with Gasteiger partial charge < -0.3 is 5.32 Å². The van der Waals surface area contributed by atoms with Crippen molar-refractivity contribution in [3.05, 3.63) is 43.1 Å². The third-order valence-electron chi connectivity index (χ3n) is 2.46. The predicted octanol–water partition coefficient (Wildman–Crippen LogP) is 2.23. The zero-order chi connectivity index (χ0) is 14.5. The van der Waals surface area contributed by atoms with Crippen molar-refractivity contribution in [3.8, 4) is 11.5 Å². The highest BCUT2D eigenvalue weighted by Crippen LogP contribution is 2.16. The lowest BCUT2D eigenvalue weighted by molar-refractivity contribution is 1.04. The molecule has 0 fully saturated rings. The van der Waals surface area contributed by atoms with Crippen LogP contribution in [-0.4, -0.2) is 29.9 Å². The highest BCUT2D eigenvalue weighted by Gasteiger charge is 2.07. The van der Waals surface area contributed by atoms with E-state index < -0.39 is 0 Å². The average Bonchev–Trinajstić information content (AvgIpc) is 2.56. The molecule has 0 saturated heterocycles. The summed E-state index contributed by atoms with van der Waals surface area (Å²) < 4.78 is 2.84. The van der Waals surface area contributed by atoms with Crippen molar-refractivity contribution in [1.29, 1.82) is 0 Å². The molecule has 0 saturated carbocycles. The lowest BCUT2D eigenvalue weighted by Gasteiger charge is -2.05. The standard InChI is InChI=1S/C12H9IN8/c13-21-12-15-5-3-9(19-12)10-16-7-17-11(20-10)18-8-2-1-4-14-6-8/h1-7H,(H,15,19,21)(H,16,17,18,20). The van der Waals surface area contributed by atoms with Gasteiger partial charge in [0.2, 0.25) is 11.9 Å². The smallest absolute Gasteiger partial charge is 0.232 e. The summed E-state index contributed by atoms with van der Waals surface area (Å²) in [4.78, 5) is 24.9. The number of hydrogen-bond donors (Lipinski definition) is 2. The molecule has 3 heterocycles. The van der Waals surface area contributed by atoms with E-state index in [0.29, 0.717) is 23.4 Å². The van der Waals surface area contributed by atoms with Gasteiger partial charge in [0, 0.05) is 12.4 Å².